The van der Waals surface area contributed by atoms with Crippen LogP contribution >= 0.6 is 0 Å². The van der Waals surface area contributed by atoms with Gasteiger partial charge >= 0.3 is 17.9 Å². The smallest absolute Gasteiger partial charge is 0.343 e. The Balaban J connectivity index is 1.30. The number of ether oxygens (including phenoxy) is 4. The van der Waals surface area contributed by atoms with Gasteiger partial charge in [0.05, 0.1) is 24.3 Å². The van der Waals surface area contributed by atoms with Crippen molar-refractivity contribution in [2.75, 3.05) is 13.2 Å². The molecule has 7 heteroatoms. The number of carbonyl (C=O) groups is 3. The molecule has 0 aromatic heterocycles. The van der Waals surface area contributed by atoms with E-state index in [2.05, 4.69) is 6.58 Å². The number of carbonyl (C=O) groups excluding carboxylic acids is 3. The quantitative estimate of drug-likeness (QED) is 0.0811. The number of rotatable bonds is 16. The summed E-state index contributed by atoms with van der Waals surface area (Å²) in [5.41, 5.74) is 1.82. The van der Waals surface area contributed by atoms with E-state index in [9.17, 15) is 14.4 Å². The van der Waals surface area contributed by atoms with Gasteiger partial charge < -0.3 is 18.9 Å². The molecule has 3 rings (SSSR count). The third-order valence-electron chi connectivity index (χ3n) is 6.09. The van der Waals surface area contributed by atoms with Gasteiger partial charge in [0.2, 0.25) is 0 Å². The molecule has 0 aliphatic rings. The maximum absolute atomic E-state index is 12.5. The summed E-state index contributed by atoms with van der Waals surface area (Å²) in [4.78, 5) is 35.8. The average molecular weight is 545 g/mol. The van der Waals surface area contributed by atoms with E-state index in [1.54, 1.807) is 60.7 Å². The molecule has 0 fully saturated rings. The molecule has 0 N–H and O–H groups in total. The van der Waals surface area contributed by atoms with E-state index in [0.717, 1.165) is 50.5 Å². The fraction of sp³-hybridized carbons (Fsp3) is 0.303. The molecule has 3 aromatic carbocycles. The molecule has 0 aliphatic heterocycles. The summed E-state index contributed by atoms with van der Waals surface area (Å²) in [7, 11) is 0. The van der Waals surface area contributed by atoms with Crippen molar-refractivity contribution in [2.24, 2.45) is 0 Å². The Morgan fingerprint density at radius 1 is 0.600 bits per heavy atom. The van der Waals surface area contributed by atoms with Crippen molar-refractivity contribution in [1.29, 1.82) is 0 Å². The van der Waals surface area contributed by atoms with Crippen molar-refractivity contribution in [1.82, 2.24) is 0 Å². The fourth-order valence-electron chi connectivity index (χ4n) is 3.79. The lowest BCUT2D eigenvalue weighted by molar-refractivity contribution is -0.137. The Morgan fingerprint density at radius 3 is 1.52 bits per heavy atom. The van der Waals surface area contributed by atoms with Gasteiger partial charge in [-0.25, -0.2) is 14.4 Å². The Bertz CT molecular complexity index is 1230. The van der Waals surface area contributed by atoms with E-state index in [-0.39, 0.29) is 5.97 Å². The van der Waals surface area contributed by atoms with Gasteiger partial charge in [0.25, 0.3) is 0 Å². The van der Waals surface area contributed by atoms with E-state index in [4.69, 9.17) is 18.9 Å². The van der Waals surface area contributed by atoms with Gasteiger partial charge in [-0.05, 0) is 80.4 Å². The van der Waals surface area contributed by atoms with Crippen molar-refractivity contribution in [3.63, 3.8) is 0 Å². The molecule has 0 aliphatic carbocycles. The van der Waals surface area contributed by atoms with Crippen LogP contribution in [0.25, 0.3) is 0 Å². The summed E-state index contributed by atoms with van der Waals surface area (Å²) in [6, 6.07) is 20.3. The first-order valence-corrected chi connectivity index (χ1v) is 13.6. The second-order valence-electron chi connectivity index (χ2n) is 9.34. The lowest BCUT2D eigenvalue weighted by atomic mass is 10.1. The Kier molecular flexibility index (Phi) is 12.5. The van der Waals surface area contributed by atoms with Gasteiger partial charge in [-0.1, -0.05) is 56.4 Å². The highest BCUT2D eigenvalue weighted by Gasteiger charge is 2.12. The summed E-state index contributed by atoms with van der Waals surface area (Å²) >= 11 is 0. The largest absolute Gasteiger partial charge is 0.494 e. The van der Waals surface area contributed by atoms with Crippen LogP contribution in [0.5, 0.6) is 17.2 Å². The van der Waals surface area contributed by atoms with E-state index in [0.29, 0.717) is 41.6 Å². The van der Waals surface area contributed by atoms with E-state index in [1.165, 1.54) is 6.08 Å². The Hall–Kier alpha value is -4.39. The SMILES string of the molecule is C=CC(=O)OCCCCCCCCCOc1ccc(C(=O)Oc2ccc(C(=O)Oc3ccc(C)cc3)cc2)cc1. The molecule has 0 atom stereocenters. The molecular formula is C33H36O7. The van der Waals surface area contributed by atoms with Crippen LogP contribution < -0.4 is 14.2 Å². The molecule has 210 valence electrons. The number of hydrogen-bond acceptors (Lipinski definition) is 7. The van der Waals surface area contributed by atoms with Crippen molar-refractivity contribution in [3.05, 3.63) is 102 Å². The summed E-state index contributed by atoms with van der Waals surface area (Å²) in [6.45, 7) is 6.39. The van der Waals surface area contributed by atoms with E-state index >= 15 is 0 Å². The molecule has 0 radical (unpaired) electrons. The van der Waals surface area contributed by atoms with Crippen LogP contribution in [0.15, 0.2) is 85.5 Å². The van der Waals surface area contributed by atoms with Gasteiger partial charge in [0.1, 0.15) is 17.2 Å². The first-order chi connectivity index (χ1) is 19.4. The van der Waals surface area contributed by atoms with Gasteiger partial charge in [0, 0.05) is 6.08 Å². The molecule has 0 saturated heterocycles. The van der Waals surface area contributed by atoms with E-state index < -0.39 is 11.9 Å². The molecule has 7 nitrogen and oxygen atoms in total. The zero-order valence-corrected chi connectivity index (χ0v) is 22.9. The third kappa shape index (κ3) is 10.8. The summed E-state index contributed by atoms with van der Waals surface area (Å²) < 4.78 is 21.5. The topological polar surface area (TPSA) is 88.1 Å². The summed E-state index contributed by atoms with van der Waals surface area (Å²) in [5.74, 6) is 0.137. The second-order valence-corrected chi connectivity index (χ2v) is 9.34. The Labute approximate surface area is 235 Å². The minimum atomic E-state index is -0.500. The fourth-order valence-corrected chi connectivity index (χ4v) is 3.79. The van der Waals surface area contributed by atoms with Crippen LogP contribution in [0.3, 0.4) is 0 Å². The average Bonchev–Trinajstić information content (AvgIpc) is 2.97. The number of esters is 3. The minimum absolute atomic E-state index is 0.327. The predicted octanol–water partition coefficient (Wildman–Crippen LogP) is 7.27. The van der Waals surface area contributed by atoms with Crippen molar-refractivity contribution < 1.29 is 33.3 Å². The molecule has 3 aromatic rings. The lowest BCUT2D eigenvalue weighted by Crippen LogP contribution is -2.10. The van der Waals surface area contributed by atoms with Crippen LogP contribution in [0, 0.1) is 6.92 Å². The molecular weight excluding hydrogens is 508 g/mol. The van der Waals surface area contributed by atoms with Crippen LogP contribution in [-0.2, 0) is 9.53 Å². The summed E-state index contributed by atoms with van der Waals surface area (Å²) in [6.07, 6.45) is 8.54. The highest BCUT2D eigenvalue weighted by molar-refractivity contribution is 5.92. The van der Waals surface area contributed by atoms with Gasteiger partial charge in [0.15, 0.2) is 0 Å². The molecule has 0 bridgehead atoms. The normalized spacial score (nSPS) is 10.4. The van der Waals surface area contributed by atoms with Gasteiger partial charge in [-0.15, -0.1) is 0 Å². The first-order valence-electron chi connectivity index (χ1n) is 13.6. The minimum Gasteiger partial charge on any atom is -0.494 e. The van der Waals surface area contributed by atoms with Gasteiger partial charge in [-0.2, -0.15) is 0 Å². The predicted molar refractivity (Wildman–Crippen MR) is 153 cm³/mol. The van der Waals surface area contributed by atoms with Gasteiger partial charge in [-0.3, -0.25) is 0 Å². The molecule has 0 heterocycles. The number of unbranched alkanes of at least 4 members (excludes halogenated alkanes) is 6. The highest BCUT2D eigenvalue weighted by Crippen LogP contribution is 2.19. The third-order valence-corrected chi connectivity index (χ3v) is 6.09. The maximum atomic E-state index is 12.5. The molecule has 0 spiro atoms. The zero-order valence-electron chi connectivity index (χ0n) is 22.9. The molecule has 0 saturated carbocycles. The lowest BCUT2D eigenvalue weighted by Gasteiger charge is -2.08. The number of benzene rings is 3. The second kappa shape index (κ2) is 16.5. The highest BCUT2D eigenvalue weighted by atomic mass is 16.5. The molecule has 40 heavy (non-hydrogen) atoms. The number of aryl methyl sites for hydroxylation is 1. The molecule has 0 unspecified atom stereocenters. The van der Waals surface area contributed by atoms with Crippen LogP contribution in [-0.4, -0.2) is 31.1 Å². The monoisotopic (exact) mass is 544 g/mol. The molecule has 0 amide bonds. The standard InChI is InChI=1S/C33H36O7/c1-3-31(34)38-24-10-8-6-4-5-7-9-23-37-28-19-13-26(14-20-28)32(35)40-30-21-15-27(16-22-30)33(36)39-29-17-11-25(2)12-18-29/h3,11-22H,1,4-10,23-24H2,2H3. The van der Waals surface area contributed by atoms with E-state index in [1.807, 2.05) is 19.1 Å². The maximum Gasteiger partial charge on any atom is 0.343 e. The number of hydrogen-bond donors (Lipinski definition) is 0. The van der Waals surface area contributed by atoms with Crippen LogP contribution in [0.1, 0.15) is 71.2 Å². The van der Waals surface area contributed by atoms with Crippen molar-refractivity contribution in [3.8, 4) is 17.2 Å². The Morgan fingerprint density at radius 2 is 1.02 bits per heavy atom. The summed E-state index contributed by atoms with van der Waals surface area (Å²) in [5, 5.41) is 0. The van der Waals surface area contributed by atoms with Crippen molar-refractivity contribution >= 4 is 17.9 Å². The van der Waals surface area contributed by atoms with Crippen LogP contribution in [0.4, 0.5) is 0 Å². The zero-order chi connectivity index (χ0) is 28.6. The van der Waals surface area contributed by atoms with Crippen LogP contribution in [0.2, 0.25) is 0 Å². The first kappa shape index (κ1) is 30.2. The van der Waals surface area contributed by atoms with Crippen molar-refractivity contribution in [2.45, 2.75) is 51.9 Å².